The van der Waals surface area contributed by atoms with Crippen LogP contribution < -0.4 is 5.32 Å². The van der Waals surface area contributed by atoms with Crippen LogP contribution in [0, 0.1) is 35.0 Å². The van der Waals surface area contributed by atoms with Crippen LogP contribution in [0.4, 0.5) is 0 Å². The topological polar surface area (TPSA) is 52.9 Å². The Hall–Kier alpha value is -1.56. The van der Waals surface area contributed by atoms with E-state index in [1.54, 1.807) is 0 Å². The van der Waals surface area contributed by atoms with Gasteiger partial charge in [0.15, 0.2) is 0 Å². The monoisotopic (exact) mass is 300 g/mol. The number of carbonyl (C=O) groups is 1. The summed E-state index contributed by atoms with van der Waals surface area (Å²) < 4.78 is 0. The third kappa shape index (κ3) is 4.22. The lowest BCUT2D eigenvalue weighted by atomic mass is 9.69. The molecular weight excluding hydrogens is 272 g/mol. The highest BCUT2D eigenvalue weighted by Crippen LogP contribution is 2.38. The lowest BCUT2D eigenvalue weighted by Crippen LogP contribution is -2.40. The van der Waals surface area contributed by atoms with E-state index in [0.717, 1.165) is 30.5 Å². The molecule has 0 spiro atoms. The summed E-state index contributed by atoms with van der Waals surface area (Å²) in [5, 5.41) is 11.9. The number of carbonyl (C=O) groups excluding carboxylic acids is 1. The van der Waals surface area contributed by atoms with Crippen LogP contribution in [0.2, 0.25) is 0 Å². The Labute approximate surface area is 134 Å². The normalized spacial score (nSPS) is 28.6. The molecule has 0 bridgehead atoms. The SMILES string of the molecule is CC1CCC(C(C)C)C(C(=O)NC2=CC=C(CC#N)CC2)C1. The molecular formula is C19H28N2O. The van der Waals surface area contributed by atoms with Crippen LogP contribution in [-0.2, 0) is 4.79 Å². The first kappa shape index (κ1) is 16.8. The molecule has 22 heavy (non-hydrogen) atoms. The van der Waals surface area contributed by atoms with Gasteiger partial charge in [0.1, 0.15) is 0 Å². The zero-order chi connectivity index (χ0) is 16.1. The average Bonchev–Trinajstić information content (AvgIpc) is 2.49. The molecule has 1 N–H and O–H groups in total. The summed E-state index contributed by atoms with van der Waals surface area (Å²) in [6, 6.07) is 2.18. The van der Waals surface area contributed by atoms with Gasteiger partial charge in [-0.15, -0.1) is 0 Å². The van der Waals surface area contributed by atoms with Gasteiger partial charge in [-0.1, -0.05) is 38.8 Å². The van der Waals surface area contributed by atoms with Crippen LogP contribution in [0.5, 0.6) is 0 Å². The molecule has 1 fully saturated rings. The number of amides is 1. The molecule has 120 valence electrons. The summed E-state index contributed by atoms with van der Waals surface area (Å²) in [5.41, 5.74) is 2.17. The Bertz CT molecular complexity index is 510. The van der Waals surface area contributed by atoms with Gasteiger partial charge in [0.25, 0.3) is 0 Å². The van der Waals surface area contributed by atoms with Gasteiger partial charge in [0, 0.05) is 11.6 Å². The van der Waals surface area contributed by atoms with Gasteiger partial charge in [-0.05, 0) is 49.5 Å². The number of nitrogens with zero attached hydrogens (tertiary/aromatic N) is 1. The summed E-state index contributed by atoms with van der Waals surface area (Å²) >= 11 is 0. The quantitative estimate of drug-likeness (QED) is 0.840. The highest BCUT2D eigenvalue weighted by atomic mass is 16.1. The highest BCUT2D eigenvalue weighted by molar-refractivity contribution is 5.81. The van der Waals surface area contributed by atoms with Crippen LogP contribution in [0.3, 0.4) is 0 Å². The molecule has 3 atom stereocenters. The highest BCUT2D eigenvalue weighted by Gasteiger charge is 2.35. The zero-order valence-electron chi connectivity index (χ0n) is 14.1. The maximum Gasteiger partial charge on any atom is 0.227 e. The third-order valence-electron chi connectivity index (χ3n) is 5.18. The van der Waals surface area contributed by atoms with E-state index in [1.807, 2.05) is 12.2 Å². The van der Waals surface area contributed by atoms with Crippen molar-refractivity contribution in [3.8, 4) is 6.07 Å². The van der Waals surface area contributed by atoms with Crippen molar-refractivity contribution in [3.05, 3.63) is 23.4 Å². The van der Waals surface area contributed by atoms with E-state index in [0.29, 0.717) is 24.2 Å². The molecule has 2 aliphatic rings. The molecule has 3 heteroatoms. The Morgan fingerprint density at radius 3 is 2.73 bits per heavy atom. The number of hydrogen-bond acceptors (Lipinski definition) is 2. The first-order chi connectivity index (χ1) is 10.5. The second-order valence-corrected chi connectivity index (χ2v) is 7.27. The number of allylic oxidation sites excluding steroid dienone is 4. The Morgan fingerprint density at radius 1 is 1.36 bits per heavy atom. The second-order valence-electron chi connectivity index (χ2n) is 7.27. The zero-order valence-corrected chi connectivity index (χ0v) is 14.1. The molecule has 1 saturated carbocycles. The standard InChI is InChI=1S/C19H28N2O/c1-13(2)17-9-4-14(3)12-18(17)19(22)21-16-7-5-15(6-8-16)10-11-20/h5,7,13-14,17-18H,4,6,8-10,12H2,1-3H3,(H,21,22). The van der Waals surface area contributed by atoms with Crippen molar-refractivity contribution in [2.75, 3.05) is 0 Å². The molecule has 0 saturated heterocycles. The van der Waals surface area contributed by atoms with E-state index >= 15 is 0 Å². The molecule has 0 aromatic heterocycles. The van der Waals surface area contributed by atoms with Crippen LogP contribution in [-0.4, -0.2) is 5.91 Å². The van der Waals surface area contributed by atoms with Crippen molar-refractivity contribution in [3.63, 3.8) is 0 Å². The molecule has 1 amide bonds. The van der Waals surface area contributed by atoms with Crippen molar-refractivity contribution in [2.24, 2.45) is 23.7 Å². The molecule has 3 unspecified atom stereocenters. The fourth-order valence-electron chi connectivity index (χ4n) is 3.79. The average molecular weight is 300 g/mol. The second kappa shape index (κ2) is 7.63. The fourth-order valence-corrected chi connectivity index (χ4v) is 3.79. The van der Waals surface area contributed by atoms with Gasteiger partial charge in [-0.2, -0.15) is 5.26 Å². The summed E-state index contributed by atoms with van der Waals surface area (Å²) in [6.45, 7) is 6.73. The van der Waals surface area contributed by atoms with Gasteiger partial charge < -0.3 is 5.32 Å². The lowest BCUT2D eigenvalue weighted by Gasteiger charge is -2.36. The molecule has 0 aromatic rings. The fraction of sp³-hybridized carbons (Fsp3) is 0.684. The Kier molecular flexibility index (Phi) is 5.83. The van der Waals surface area contributed by atoms with Crippen molar-refractivity contribution in [1.82, 2.24) is 5.32 Å². The maximum atomic E-state index is 12.7. The van der Waals surface area contributed by atoms with Crippen molar-refractivity contribution >= 4 is 5.91 Å². The van der Waals surface area contributed by atoms with E-state index in [2.05, 4.69) is 32.2 Å². The number of nitriles is 1. The predicted octanol–water partition coefficient (Wildman–Crippen LogP) is 4.33. The lowest BCUT2D eigenvalue weighted by molar-refractivity contribution is -0.128. The van der Waals surface area contributed by atoms with Gasteiger partial charge >= 0.3 is 0 Å². The third-order valence-corrected chi connectivity index (χ3v) is 5.18. The predicted molar refractivity (Wildman–Crippen MR) is 88.6 cm³/mol. The largest absolute Gasteiger partial charge is 0.330 e. The first-order valence-electron chi connectivity index (χ1n) is 8.57. The number of hydrogen-bond donors (Lipinski definition) is 1. The molecule has 3 nitrogen and oxygen atoms in total. The molecule has 0 aliphatic heterocycles. The molecule has 0 radical (unpaired) electrons. The summed E-state index contributed by atoms with van der Waals surface area (Å²) in [4.78, 5) is 12.7. The minimum absolute atomic E-state index is 0.147. The Morgan fingerprint density at radius 2 is 2.14 bits per heavy atom. The molecule has 2 rings (SSSR count). The smallest absolute Gasteiger partial charge is 0.227 e. The van der Waals surface area contributed by atoms with E-state index < -0.39 is 0 Å². The molecule has 0 aromatic carbocycles. The van der Waals surface area contributed by atoms with E-state index in [-0.39, 0.29) is 11.8 Å². The van der Waals surface area contributed by atoms with E-state index in [1.165, 1.54) is 12.8 Å². The van der Waals surface area contributed by atoms with Gasteiger partial charge in [-0.3, -0.25) is 4.79 Å². The molecule has 0 heterocycles. The van der Waals surface area contributed by atoms with E-state index in [9.17, 15) is 4.79 Å². The Balaban J connectivity index is 2.00. The summed E-state index contributed by atoms with van der Waals surface area (Å²) in [5.74, 6) is 2.06. The van der Waals surface area contributed by atoms with Crippen molar-refractivity contribution in [2.45, 2.75) is 59.3 Å². The number of nitrogens with one attached hydrogen (secondary N) is 1. The van der Waals surface area contributed by atoms with Gasteiger partial charge in [0.05, 0.1) is 12.5 Å². The summed E-state index contributed by atoms with van der Waals surface area (Å²) in [6.07, 6.45) is 9.61. The van der Waals surface area contributed by atoms with Crippen LogP contribution in [0.15, 0.2) is 23.4 Å². The minimum atomic E-state index is 0.147. The van der Waals surface area contributed by atoms with Crippen LogP contribution in [0.25, 0.3) is 0 Å². The first-order valence-corrected chi connectivity index (χ1v) is 8.57. The van der Waals surface area contributed by atoms with Crippen molar-refractivity contribution in [1.29, 1.82) is 5.26 Å². The van der Waals surface area contributed by atoms with Gasteiger partial charge in [-0.25, -0.2) is 0 Å². The number of rotatable bonds is 4. The maximum absolute atomic E-state index is 12.7. The van der Waals surface area contributed by atoms with Crippen molar-refractivity contribution < 1.29 is 4.79 Å². The van der Waals surface area contributed by atoms with Crippen LogP contribution >= 0.6 is 0 Å². The summed E-state index contributed by atoms with van der Waals surface area (Å²) in [7, 11) is 0. The van der Waals surface area contributed by atoms with Crippen LogP contribution in [0.1, 0.15) is 59.3 Å². The molecule has 2 aliphatic carbocycles. The minimum Gasteiger partial charge on any atom is -0.330 e. The van der Waals surface area contributed by atoms with Gasteiger partial charge in [0.2, 0.25) is 5.91 Å². The van der Waals surface area contributed by atoms with E-state index in [4.69, 9.17) is 5.26 Å².